The molecule has 0 bridgehead atoms. The number of hydrogen-bond acceptors (Lipinski definition) is 6. The standard InChI is InChI=1S/C20H22Cl2N4O3/c1-11(25-26-15-8-4-13(22)5-9-15)18-19(28)16(24-20(18)29)10-17(27)23-14-6-2-12(21)3-7-14/h2-9,16,19-20,24-26,28-29H,10H2,1H3,(H,23,27)/b18-11-. The van der Waals surface area contributed by atoms with Gasteiger partial charge in [-0.15, -0.1) is 0 Å². The molecule has 7 nitrogen and oxygen atoms in total. The first-order valence-electron chi connectivity index (χ1n) is 8.99. The third-order valence-electron chi connectivity index (χ3n) is 4.57. The quantitative estimate of drug-likeness (QED) is 0.389. The maximum Gasteiger partial charge on any atom is 0.226 e. The maximum absolute atomic E-state index is 12.3. The van der Waals surface area contributed by atoms with E-state index in [1.54, 1.807) is 55.5 Å². The summed E-state index contributed by atoms with van der Waals surface area (Å²) < 4.78 is 0. The second-order valence-corrected chi connectivity index (χ2v) is 7.59. The zero-order chi connectivity index (χ0) is 21.0. The van der Waals surface area contributed by atoms with E-state index in [4.69, 9.17) is 23.2 Å². The summed E-state index contributed by atoms with van der Waals surface area (Å²) in [7, 11) is 0. The molecule has 154 valence electrons. The molecule has 2 aromatic carbocycles. The van der Waals surface area contributed by atoms with Gasteiger partial charge in [0.1, 0.15) is 6.23 Å². The second-order valence-electron chi connectivity index (χ2n) is 6.72. The van der Waals surface area contributed by atoms with Crippen LogP contribution in [0.5, 0.6) is 0 Å². The predicted octanol–water partition coefficient (Wildman–Crippen LogP) is 2.86. The number of allylic oxidation sites excluding steroid dienone is 1. The summed E-state index contributed by atoms with van der Waals surface area (Å²) in [5.41, 5.74) is 8.22. The number of carbonyl (C=O) groups excluding carboxylic acids is 1. The Kier molecular flexibility index (Phi) is 7.00. The van der Waals surface area contributed by atoms with E-state index in [-0.39, 0.29) is 12.3 Å². The third kappa shape index (κ3) is 5.62. The molecule has 0 aromatic heterocycles. The van der Waals surface area contributed by atoms with E-state index in [9.17, 15) is 15.0 Å². The number of rotatable bonds is 6. The molecule has 6 N–H and O–H groups in total. The highest BCUT2D eigenvalue weighted by Crippen LogP contribution is 2.24. The number of nitrogens with one attached hydrogen (secondary N) is 4. The minimum absolute atomic E-state index is 0.0117. The number of hydrazine groups is 1. The molecular weight excluding hydrogens is 415 g/mol. The van der Waals surface area contributed by atoms with Crippen LogP contribution in [-0.2, 0) is 4.79 Å². The van der Waals surface area contributed by atoms with E-state index in [0.717, 1.165) is 5.69 Å². The van der Waals surface area contributed by atoms with Crippen molar-refractivity contribution in [1.82, 2.24) is 10.7 Å². The van der Waals surface area contributed by atoms with Crippen LogP contribution in [0, 0.1) is 0 Å². The van der Waals surface area contributed by atoms with Crippen LogP contribution in [0.4, 0.5) is 11.4 Å². The Morgan fingerprint density at radius 1 is 1.00 bits per heavy atom. The van der Waals surface area contributed by atoms with Gasteiger partial charge in [0.15, 0.2) is 0 Å². The molecular formula is C20H22Cl2N4O3. The molecule has 0 aliphatic carbocycles. The summed E-state index contributed by atoms with van der Waals surface area (Å²) >= 11 is 11.7. The highest BCUT2D eigenvalue weighted by Gasteiger charge is 2.38. The van der Waals surface area contributed by atoms with Crippen molar-refractivity contribution in [3.8, 4) is 0 Å². The van der Waals surface area contributed by atoms with E-state index >= 15 is 0 Å². The molecule has 3 rings (SSSR count). The zero-order valence-electron chi connectivity index (χ0n) is 15.6. The van der Waals surface area contributed by atoms with Crippen LogP contribution in [0.1, 0.15) is 13.3 Å². The lowest BCUT2D eigenvalue weighted by Crippen LogP contribution is -2.36. The molecule has 1 aliphatic heterocycles. The van der Waals surface area contributed by atoms with Crippen LogP contribution >= 0.6 is 23.2 Å². The number of anilines is 2. The van der Waals surface area contributed by atoms with Crippen LogP contribution in [0.15, 0.2) is 59.8 Å². The largest absolute Gasteiger partial charge is 0.387 e. The SMILES string of the molecule is C/C(NNc1ccc(Cl)cc1)=C1/C(O)NC(CC(=O)Nc2ccc(Cl)cc2)C1O. The number of aliphatic hydroxyl groups is 2. The van der Waals surface area contributed by atoms with Gasteiger partial charge in [0.2, 0.25) is 5.91 Å². The molecule has 9 heteroatoms. The Bertz CT molecular complexity index is 888. The van der Waals surface area contributed by atoms with E-state index in [1.165, 1.54) is 0 Å². The number of carbonyl (C=O) groups is 1. The lowest BCUT2D eigenvalue weighted by molar-refractivity contribution is -0.117. The summed E-state index contributed by atoms with van der Waals surface area (Å²) in [6.07, 6.45) is -2.11. The molecule has 1 heterocycles. The Balaban J connectivity index is 1.60. The molecule has 1 saturated heterocycles. The number of hydrogen-bond donors (Lipinski definition) is 6. The van der Waals surface area contributed by atoms with Gasteiger partial charge in [0, 0.05) is 39.5 Å². The molecule has 1 aliphatic rings. The molecule has 0 saturated carbocycles. The highest BCUT2D eigenvalue weighted by atomic mass is 35.5. The van der Waals surface area contributed by atoms with Gasteiger partial charge >= 0.3 is 0 Å². The van der Waals surface area contributed by atoms with Crippen molar-refractivity contribution in [3.05, 3.63) is 69.8 Å². The Morgan fingerprint density at radius 2 is 1.55 bits per heavy atom. The van der Waals surface area contributed by atoms with Gasteiger partial charge in [-0.2, -0.15) is 0 Å². The maximum atomic E-state index is 12.3. The van der Waals surface area contributed by atoms with Crippen LogP contribution < -0.4 is 21.5 Å². The number of benzene rings is 2. The van der Waals surface area contributed by atoms with Crippen molar-refractivity contribution in [1.29, 1.82) is 0 Å². The lowest BCUT2D eigenvalue weighted by atomic mass is 10.0. The summed E-state index contributed by atoms with van der Waals surface area (Å²) in [5.74, 6) is -0.290. The monoisotopic (exact) mass is 436 g/mol. The van der Waals surface area contributed by atoms with Crippen LogP contribution in [-0.4, -0.2) is 34.5 Å². The molecule has 3 unspecified atom stereocenters. The van der Waals surface area contributed by atoms with E-state index < -0.39 is 18.4 Å². The van der Waals surface area contributed by atoms with Crippen molar-refractivity contribution in [2.45, 2.75) is 31.7 Å². The van der Waals surface area contributed by atoms with Crippen molar-refractivity contribution >= 4 is 40.5 Å². The van der Waals surface area contributed by atoms with Crippen molar-refractivity contribution in [3.63, 3.8) is 0 Å². The van der Waals surface area contributed by atoms with Gasteiger partial charge in [0.25, 0.3) is 0 Å². The molecule has 0 radical (unpaired) electrons. The first kappa shape index (κ1) is 21.4. The summed E-state index contributed by atoms with van der Waals surface area (Å²) in [6.45, 7) is 1.72. The van der Waals surface area contributed by atoms with Crippen LogP contribution in [0.3, 0.4) is 0 Å². The number of halogens is 2. The number of aliphatic hydroxyl groups excluding tert-OH is 2. The van der Waals surface area contributed by atoms with Gasteiger partial charge in [-0.05, 0) is 55.5 Å². The van der Waals surface area contributed by atoms with Gasteiger partial charge in [-0.3, -0.25) is 10.1 Å². The van der Waals surface area contributed by atoms with Crippen molar-refractivity contribution in [2.24, 2.45) is 0 Å². The average Bonchev–Trinajstić information content (AvgIpc) is 2.96. The Labute approximate surface area is 178 Å². The minimum atomic E-state index is -1.07. The van der Waals surface area contributed by atoms with Gasteiger partial charge in [-0.1, -0.05) is 23.2 Å². The topological polar surface area (TPSA) is 106 Å². The lowest BCUT2D eigenvalue weighted by Gasteiger charge is -2.17. The summed E-state index contributed by atoms with van der Waals surface area (Å²) in [6, 6.07) is 13.2. The predicted molar refractivity (Wildman–Crippen MR) is 115 cm³/mol. The van der Waals surface area contributed by atoms with E-state index in [0.29, 0.717) is 27.0 Å². The van der Waals surface area contributed by atoms with E-state index in [1.807, 2.05) is 0 Å². The Morgan fingerprint density at radius 3 is 2.14 bits per heavy atom. The van der Waals surface area contributed by atoms with Crippen molar-refractivity contribution in [2.75, 3.05) is 10.7 Å². The molecule has 2 aromatic rings. The van der Waals surface area contributed by atoms with E-state index in [2.05, 4.69) is 21.5 Å². The average molecular weight is 437 g/mol. The fourth-order valence-electron chi connectivity index (χ4n) is 3.08. The molecule has 29 heavy (non-hydrogen) atoms. The first-order valence-corrected chi connectivity index (χ1v) is 9.75. The minimum Gasteiger partial charge on any atom is -0.387 e. The fraction of sp³-hybridized carbons (Fsp3) is 0.250. The first-order chi connectivity index (χ1) is 13.8. The molecule has 0 spiro atoms. The molecule has 3 atom stereocenters. The zero-order valence-corrected chi connectivity index (χ0v) is 17.1. The summed E-state index contributed by atoms with van der Waals surface area (Å²) in [4.78, 5) is 12.3. The number of amides is 1. The van der Waals surface area contributed by atoms with Crippen molar-refractivity contribution < 1.29 is 15.0 Å². The Hall–Kier alpha value is -2.29. The van der Waals surface area contributed by atoms with Gasteiger partial charge < -0.3 is 26.4 Å². The smallest absolute Gasteiger partial charge is 0.226 e. The summed E-state index contributed by atoms with van der Waals surface area (Å²) in [5, 5.41) is 27.7. The molecule has 1 amide bonds. The fourth-order valence-corrected chi connectivity index (χ4v) is 3.33. The van der Waals surface area contributed by atoms with Crippen LogP contribution in [0.2, 0.25) is 10.0 Å². The van der Waals surface area contributed by atoms with Gasteiger partial charge in [0.05, 0.1) is 11.8 Å². The normalized spacial score (nSPS) is 22.9. The third-order valence-corrected chi connectivity index (χ3v) is 5.08. The van der Waals surface area contributed by atoms with Gasteiger partial charge in [-0.25, -0.2) is 0 Å². The highest BCUT2D eigenvalue weighted by molar-refractivity contribution is 6.30. The second kappa shape index (κ2) is 9.47. The van der Waals surface area contributed by atoms with Crippen LogP contribution in [0.25, 0.3) is 0 Å². The molecule has 1 fully saturated rings.